The molecule has 2 saturated heterocycles. The lowest BCUT2D eigenvalue weighted by Crippen LogP contribution is -2.45. The number of hydrogen-bond donors (Lipinski definition) is 0. The SMILES string of the molecule is CCO[Si](CCCCC1CO1)(OCC)OCC.CO[Si](CCC1CCC2OC2C1)(OC)OC. The molecule has 1 aliphatic carbocycles. The summed E-state index contributed by atoms with van der Waals surface area (Å²) in [6.07, 6.45) is 9.97. The fourth-order valence-electron chi connectivity index (χ4n) is 4.64. The van der Waals surface area contributed by atoms with Gasteiger partial charge in [0.1, 0.15) is 0 Å². The molecular weight excluding hydrogens is 460 g/mol. The second-order valence-corrected chi connectivity index (χ2v) is 14.7. The summed E-state index contributed by atoms with van der Waals surface area (Å²) in [5, 5.41) is 0. The van der Waals surface area contributed by atoms with Gasteiger partial charge in [0.15, 0.2) is 0 Å². The number of epoxide rings is 2. The van der Waals surface area contributed by atoms with Crippen molar-refractivity contribution >= 4 is 17.6 Å². The molecule has 3 fully saturated rings. The van der Waals surface area contributed by atoms with Gasteiger partial charge in [-0.15, -0.1) is 0 Å². The van der Waals surface area contributed by atoms with E-state index < -0.39 is 17.6 Å². The number of ether oxygens (including phenoxy) is 2. The van der Waals surface area contributed by atoms with Crippen molar-refractivity contribution < 1.29 is 36.0 Å². The van der Waals surface area contributed by atoms with E-state index >= 15 is 0 Å². The highest BCUT2D eigenvalue weighted by Crippen LogP contribution is 2.41. The summed E-state index contributed by atoms with van der Waals surface area (Å²) in [7, 11) is 0.304. The predicted molar refractivity (Wildman–Crippen MR) is 131 cm³/mol. The largest absolute Gasteiger partial charge is 0.500 e. The van der Waals surface area contributed by atoms with Crippen molar-refractivity contribution in [2.24, 2.45) is 5.92 Å². The Morgan fingerprint density at radius 1 is 0.727 bits per heavy atom. The van der Waals surface area contributed by atoms with Gasteiger partial charge < -0.3 is 36.0 Å². The minimum Gasteiger partial charge on any atom is -0.377 e. The molecule has 3 rings (SSSR count). The summed E-state index contributed by atoms with van der Waals surface area (Å²) in [4.78, 5) is 0. The quantitative estimate of drug-likeness (QED) is 0.162. The van der Waals surface area contributed by atoms with E-state index in [9.17, 15) is 0 Å². The van der Waals surface area contributed by atoms with Gasteiger partial charge in [0, 0.05) is 53.2 Å². The first-order chi connectivity index (χ1) is 16.0. The van der Waals surface area contributed by atoms with Crippen LogP contribution in [0.15, 0.2) is 0 Å². The summed E-state index contributed by atoms with van der Waals surface area (Å²) < 4.78 is 44.4. The lowest BCUT2D eigenvalue weighted by atomic mass is 9.88. The van der Waals surface area contributed by atoms with E-state index in [1.54, 1.807) is 21.3 Å². The van der Waals surface area contributed by atoms with E-state index in [0.29, 0.717) is 38.1 Å². The second-order valence-electron chi connectivity index (χ2n) is 8.91. The summed E-state index contributed by atoms with van der Waals surface area (Å²) in [5.74, 6) is 0.760. The fraction of sp³-hybridized carbons (Fsp3) is 1.00. The van der Waals surface area contributed by atoms with Crippen LogP contribution in [0.25, 0.3) is 0 Å². The third-order valence-electron chi connectivity index (χ3n) is 6.66. The zero-order valence-electron chi connectivity index (χ0n) is 21.8. The average Bonchev–Trinajstić information content (AvgIpc) is 3.74. The van der Waals surface area contributed by atoms with Crippen molar-refractivity contribution in [2.75, 3.05) is 47.8 Å². The lowest BCUT2D eigenvalue weighted by molar-refractivity contribution is 0.0706. The number of hydrogen-bond acceptors (Lipinski definition) is 8. The van der Waals surface area contributed by atoms with Crippen LogP contribution >= 0.6 is 0 Å². The Kier molecular flexibility index (Phi) is 13.6. The molecule has 4 unspecified atom stereocenters. The van der Waals surface area contributed by atoms with Gasteiger partial charge in [0.05, 0.1) is 24.9 Å². The van der Waals surface area contributed by atoms with Crippen LogP contribution in [-0.4, -0.2) is 83.7 Å². The normalized spacial score (nSPS) is 26.4. The average molecular weight is 509 g/mol. The van der Waals surface area contributed by atoms with Crippen molar-refractivity contribution in [3.05, 3.63) is 0 Å². The van der Waals surface area contributed by atoms with Crippen LogP contribution in [0.1, 0.15) is 65.7 Å². The number of unbranched alkanes of at least 4 members (excludes halogenated alkanes) is 1. The molecule has 33 heavy (non-hydrogen) atoms. The van der Waals surface area contributed by atoms with Crippen LogP contribution in [0.5, 0.6) is 0 Å². The maximum atomic E-state index is 5.80. The number of rotatable bonds is 17. The highest BCUT2D eigenvalue weighted by atomic mass is 28.4. The van der Waals surface area contributed by atoms with E-state index in [2.05, 4.69) is 0 Å². The Hall–Kier alpha value is 0.114. The third-order valence-corrected chi connectivity index (χ3v) is 12.6. The van der Waals surface area contributed by atoms with Gasteiger partial charge in [-0.3, -0.25) is 0 Å². The molecule has 0 amide bonds. The first-order valence-electron chi connectivity index (χ1n) is 12.8. The van der Waals surface area contributed by atoms with Gasteiger partial charge in [-0.1, -0.05) is 6.42 Å². The van der Waals surface area contributed by atoms with E-state index in [-0.39, 0.29) is 0 Å². The minimum absolute atomic E-state index is 0.525. The number of fused-ring (bicyclic) bond motifs is 1. The van der Waals surface area contributed by atoms with Gasteiger partial charge >= 0.3 is 17.6 Å². The maximum Gasteiger partial charge on any atom is 0.500 e. The van der Waals surface area contributed by atoms with Crippen LogP contribution in [0.3, 0.4) is 0 Å². The first kappa shape index (κ1) is 29.3. The predicted octanol–water partition coefficient (Wildman–Crippen LogP) is 4.43. The highest BCUT2D eigenvalue weighted by Gasteiger charge is 2.45. The molecule has 3 aliphatic rings. The second kappa shape index (κ2) is 15.3. The zero-order chi connectivity index (χ0) is 24.2. The van der Waals surface area contributed by atoms with Gasteiger partial charge in [-0.25, -0.2) is 0 Å². The molecule has 1 saturated carbocycles. The molecule has 0 aromatic rings. The van der Waals surface area contributed by atoms with Crippen molar-refractivity contribution in [2.45, 2.75) is 96.1 Å². The van der Waals surface area contributed by atoms with Gasteiger partial charge in [-0.05, 0) is 65.2 Å². The Bertz CT molecular complexity index is 493. The Balaban J connectivity index is 0.000000234. The summed E-state index contributed by atoms with van der Waals surface area (Å²) in [6, 6.07) is 1.84. The van der Waals surface area contributed by atoms with E-state index in [0.717, 1.165) is 43.9 Å². The fourth-order valence-corrected chi connectivity index (χ4v) is 9.20. The Morgan fingerprint density at radius 3 is 1.82 bits per heavy atom. The molecule has 196 valence electrons. The van der Waals surface area contributed by atoms with Crippen molar-refractivity contribution in [3.63, 3.8) is 0 Å². The molecule has 8 nitrogen and oxygen atoms in total. The van der Waals surface area contributed by atoms with Gasteiger partial charge in [0.2, 0.25) is 0 Å². The molecule has 4 atom stereocenters. The molecule has 0 radical (unpaired) electrons. The molecular formula is C23H48O8Si2. The Labute approximate surface area is 203 Å². The highest BCUT2D eigenvalue weighted by molar-refractivity contribution is 6.61. The maximum absolute atomic E-state index is 5.80. The van der Waals surface area contributed by atoms with E-state index in [4.69, 9.17) is 36.0 Å². The van der Waals surface area contributed by atoms with Crippen LogP contribution in [0.2, 0.25) is 12.1 Å². The first-order valence-corrected chi connectivity index (χ1v) is 16.7. The molecule has 0 aromatic carbocycles. The Morgan fingerprint density at radius 2 is 1.33 bits per heavy atom. The third kappa shape index (κ3) is 10.3. The van der Waals surface area contributed by atoms with Gasteiger partial charge in [-0.2, -0.15) is 0 Å². The molecule has 0 N–H and O–H groups in total. The lowest BCUT2D eigenvalue weighted by Gasteiger charge is -2.28. The van der Waals surface area contributed by atoms with Crippen LogP contribution in [-0.2, 0) is 36.0 Å². The summed E-state index contributed by atoms with van der Waals surface area (Å²) in [5.41, 5.74) is 0. The zero-order valence-corrected chi connectivity index (χ0v) is 23.8. The van der Waals surface area contributed by atoms with E-state index in [1.807, 2.05) is 20.8 Å². The standard InChI is InChI=1S/C12H26O4Si.C11H22O4Si/c1-4-14-17(15-5-2,16-6-3)10-8-7-9-12-11-13-12;1-12-16(13-2,14-3)7-6-9-4-5-10-11(8-9)15-10/h12H,4-11H2,1-3H3;9-11H,4-8H2,1-3H3. The molecule has 2 heterocycles. The molecule has 0 spiro atoms. The van der Waals surface area contributed by atoms with Crippen LogP contribution in [0.4, 0.5) is 0 Å². The van der Waals surface area contributed by atoms with Crippen LogP contribution < -0.4 is 0 Å². The minimum atomic E-state index is -2.39. The van der Waals surface area contributed by atoms with Crippen molar-refractivity contribution in [1.29, 1.82) is 0 Å². The molecule has 0 bridgehead atoms. The van der Waals surface area contributed by atoms with E-state index in [1.165, 1.54) is 25.7 Å². The topological polar surface area (TPSA) is 80.4 Å². The molecule has 0 aromatic heterocycles. The van der Waals surface area contributed by atoms with Crippen molar-refractivity contribution in [3.8, 4) is 0 Å². The van der Waals surface area contributed by atoms with Crippen molar-refractivity contribution in [1.82, 2.24) is 0 Å². The summed E-state index contributed by atoms with van der Waals surface area (Å²) >= 11 is 0. The smallest absolute Gasteiger partial charge is 0.377 e. The monoisotopic (exact) mass is 508 g/mol. The summed E-state index contributed by atoms with van der Waals surface area (Å²) in [6.45, 7) is 8.94. The van der Waals surface area contributed by atoms with Crippen LogP contribution in [0, 0.1) is 5.92 Å². The van der Waals surface area contributed by atoms with Gasteiger partial charge in [0.25, 0.3) is 0 Å². The molecule has 10 heteroatoms. The molecule has 2 aliphatic heterocycles.